The van der Waals surface area contributed by atoms with Crippen LogP contribution >= 0.6 is 0 Å². The molecule has 4 rings (SSSR count). The Balaban J connectivity index is 1.62. The lowest BCUT2D eigenvalue weighted by molar-refractivity contribution is -0.120. The molecule has 0 saturated carbocycles. The van der Waals surface area contributed by atoms with Crippen molar-refractivity contribution >= 4 is 22.6 Å². The van der Waals surface area contributed by atoms with Crippen molar-refractivity contribution in [3.63, 3.8) is 0 Å². The molecule has 1 aliphatic rings. The third-order valence-corrected chi connectivity index (χ3v) is 5.79. The van der Waals surface area contributed by atoms with Crippen LogP contribution in [-0.4, -0.2) is 35.5 Å². The molecule has 0 spiro atoms. The fourth-order valence-corrected chi connectivity index (χ4v) is 4.26. The average molecular weight is 421 g/mol. The molecule has 0 fully saturated rings. The topological polar surface area (TPSA) is 74.0 Å². The van der Waals surface area contributed by atoms with E-state index in [2.05, 4.69) is 24.0 Å². The first kappa shape index (κ1) is 21.1. The minimum Gasteiger partial charge on any atom is -0.508 e. The summed E-state index contributed by atoms with van der Waals surface area (Å²) in [5.74, 6) is 0.0142. The molecular formula is C25H28N2O4. The Hall–Kier alpha value is -3.12. The van der Waals surface area contributed by atoms with Gasteiger partial charge in [-0.25, -0.2) is 4.79 Å². The third-order valence-electron chi connectivity index (χ3n) is 5.79. The zero-order valence-corrected chi connectivity index (χ0v) is 17.8. The highest BCUT2D eigenvalue weighted by Gasteiger charge is 2.29. The molecule has 0 atom stereocenters. The number of nitrogens with zero attached hydrogens (tertiary/aromatic N) is 2. The fourth-order valence-electron chi connectivity index (χ4n) is 4.26. The maximum absolute atomic E-state index is 13.3. The van der Waals surface area contributed by atoms with Crippen LogP contribution in [0, 0.1) is 0 Å². The largest absolute Gasteiger partial charge is 0.508 e. The zero-order valence-electron chi connectivity index (χ0n) is 17.8. The Labute approximate surface area is 181 Å². The number of amides is 1. The van der Waals surface area contributed by atoms with E-state index in [1.807, 2.05) is 18.2 Å². The number of carbonyl (C=O) groups excluding carboxylic acids is 1. The van der Waals surface area contributed by atoms with E-state index in [0.717, 1.165) is 36.9 Å². The van der Waals surface area contributed by atoms with E-state index >= 15 is 0 Å². The molecular weight excluding hydrogens is 392 g/mol. The lowest BCUT2D eigenvalue weighted by atomic mass is 9.98. The quantitative estimate of drug-likeness (QED) is 0.583. The maximum atomic E-state index is 13.3. The van der Waals surface area contributed by atoms with Crippen LogP contribution < -0.4 is 10.5 Å². The summed E-state index contributed by atoms with van der Waals surface area (Å²) in [6, 6.07) is 14.8. The molecule has 6 heteroatoms. The predicted octanol–water partition coefficient (Wildman–Crippen LogP) is 4.08. The monoisotopic (exact) mass is 420 g/mol. The summed E-state index contributed by atoms with van der Waals surface area (Å²) in [7, 11) is 0. The molecule has 0 aliphatic carbocycles. The van der Waals surface area contributed by atoms with Crippen LogP contribution in [0.2, 0.25) is 0 Å². The second-order valence-corrected chi connectivity index (χ2v) is 8.10. The number of aromatic hydroxyl groups is 1. The van der Waals surface area contributed by atoms with Gasteiger partial charge in [-0.3, -0.25) is 9.69 Å². The molecule has 6 nitrogen and oxygen atoms in total. The number of phenols is 1. The Morgan fingerprint density at radius 2 is 2.00 bits per heavy atom. The molecule has 0 saturated heterocycles. The van der Waals surface area contributed by atoms with Crippen LogP contribution in [0.1, 0.15) is 37.3 Å². The van der Waals surface area contributed by atoms with Crippen molar-refractivity contribution in [3.05, 3.63) is 70.1 Å². The highest BCUT2D eigenvalue weighted by atomic mass is 16.4. The van der Waals surface area contributed by atoms with Gasteiger partial charge in [0.25, 0.3) is 0 Å². The molecule has 162 valence electrons. The van der Waals surface area contributed by atoms with Crippen molar-refractivity contribution in [1.29, 1.82) is 0 Å². The lowest BCUT2D eigenvalue weighted by Crippen LogP contribution is -2.44. The molecule has 1 amide bonds. The number of unbranched alkanes of at least 4 members (excludes halogenated alkanes) is 1. The standard InChI is InChI=1S/C25H28N2O4/c1-2-3-13-26(16-18-8-5-4-6-9-18)17-23(29)27-14-7-10-20-21-15-19(28)11-12-22(21)31-25(30)24(20)27/h4-6,8-9,11-12,15,28H,2-3,7,10,13-14,16-17H2,1H3. The highest BCUT2D eigenvalue weighted by Crippen LogP contribution is 2.32. The van der Waals surface area contributed by atoms with E-state index in [0.29, 0.717) is 36.2 Å². The van der Waals surface area contributed by atoms with Gasteiger partial charge in [-0.15, -0.1) is 0 Å². The summed E-state index contributed by atoms with van der Waals surface area (Å²) in [5, 5.41) is 10.6. The molecule has 2 aromatic carbocycles. The smallest absolute Gasteiger partial charge is 0.360 e. The fraction of sp³-hybridized carbons (Fsp3) is 0.360. The van der Waals surface area contributed by atoms with Gasteiger partial charge in [-0.1, -0.05) is 43.7 Å². The first-order valence-corrected chi connectivity index (χ1v) is 10.9. The Morgan fingerprint density at radius 3 is 2.77 bits per heavy atom. The summed E-state index contributed by atoms with van der Waals surface area (Å²) in [4.78, 5) is 29.8. The SMILES string of the molecule is CCCCN(CC(=O)N1CCCc2c1c(=O)oc1ccc(O)cc21)Cc1ccccc1. The van der Waals surface area contributed by atoms with E-state index in [9.17, 15) is 14.7 Å². The molecule has 2 heterocycles. The van der Waals surface area contributed by atoms with Crippen LogP contribution in [0.15, 0.2) is 57.7 Å². The normalized spacial score (nSPS) is 13.5. The van der Waals surface area contributed by atoms with Gasteiger partial charge in [-0.05, 0) is 55.1 Å². The van der Waals surface area contributed by atoms with E-state index in [1.165, 1.54) is 6.07 Å². The molecule has 0 bridgehead atoms. The van der Waals surface area contributed by atoms with E-state index in [-0.39, 0.29) is 18.2 Å². The Morgan fingerprint density at radius 1 is 1.19 bits per heavy atom. The number of hydrogen-bond donors (Lipinski definition) is 1. The number of carbonyl (C=O) groups is 1. The first-order valence-electron chi connectivity index (χ1n) is 10.9. The lowest BCUT2D eigenvalue weighted by Gasteiger charge is -2.31. The number of benzene rings is 2. The van der Waals surface area contributed by atoms with Gasteiger partial charge in [0.05, 0.1) is 6.54 Å². The molecule has 3 aromatic rings. The van der Waals surface area contributed by atoms with E-state index < -0.39 is 5.63 Å². The van der Waals surface area contributed by atoms with Gasteiger partial charge in [0, 0.05) is 18.5 Å². The predicted molar refractivity (Wildman–Crippen MR) is 121 cm³/mol. The van der Waals surface area contributed by atoms with Crippen LogP contribution in [0.5, 0.6) is 5.75 Å². The molecule has 0 radical (unpaired) electrons. The van der Waals surface area contributed by atoms with Crippen molar-refractivity contribution < 1.29 is 14.3 Å². The number of aryl methyl sites for hydroxylation is 1. The van der Waals surface area contributed by atoms with Gasteiger partial charge in [0.2, 0.25) is 5.91 Å². The van der Waals surface area contributed by atoms with Gasteiger partial charge in [0.1, 0.15) is 17.0 Å². The zero-order chi connectivity index (χ0) is 21.8. The summed E-state index contributed by atoms with van der Waals surface area (Å²) in [5.41, 5.74) is 2.20. The van der Waals surface area contributed by atoms with Gasteiger partial charge < -0.3 is 14.4 Å². The van der Waals surface area contributed by atoms with Crippen LogP contribution in [0.3, 0.4) is 0 Å². The average Bonchev–Trinajstić information content (AvgIpc) is 2.78. The van der Waals surface area contributed by atoms with Crippen LogP contribution in [-0.2, 0) is 17.8 Å². The summed E-state index contributed by atoms with van der Waals surface area (Å²) < 4.78 is 5.49. The van der Waals surface area contributed by atoms with Crippen molar-refractivity contribution in [2.45, 2.75) is 39.2 Å². The van der Waals surface area contributed by atoms with Crippen molar-refractivity contribution in [3.8, 4) is 5.75 Å². The van der Waals surface area contributed by atoms with Gasteiger partial charge in [-0.2, -0.15) is 0 Å². The second kappa shape index (κ2) is 9.35. The molecule has 31 heavy (non-hydrogen) atoms. The number of anilines is 1. The first-order chi connectivity index (χ1) is 15.1. The van der Waals surface area contributed by atoms with Crippen LogP contribution in [0.4, 0.5) is 5.69 Å². The third kappa shape index (κ3) is 4.64. The number of rotatable bonds is 7. The molecule has 1 aliphatic heterocycles. The van der Waals surface area contributed by atoms with Crippen molar-refractivity contribution in [2.24, 2.45) is 0 Å². The highest BCUT2D eigenvalue weighted by molar-refractivity contribution is 5.98. The minimum atomic E-state index is -0.496. The van der Waals surface area contributed by atoms with Gasteiger partial charge in [0.15, 0.2) is 0 Å². The van der Waals surface area contributed by atoms with E-state index in [1.54, 1.807) is 17.0 Å². The molecule has 1 aromatic heterocycles. The molecule has 1 N–H and O–H groups in total. The summed E-state index contributed by atoms with van der Waals surface area (Å²) in [6.45, 7) is 4.38. The van der Waals surface area contributed by atoms with Gasteiger partial charge >= 0.3 is 5.63 Å². The van der Waals surface area contributed by atoms with Crippen molar-refractivity contribution in [1.82, 2.24) is 4.90 Å². The van der Waals surface area contributed by atoms with E-state index in [4.69, 9.17) is 4.42 Å². The number of fused-ring (bicyclic) bond motifs is 3. The number of phenolic OH excluding ortho intramolecular Hbond substituents is 1. The minimum absolute atomic E-state index is 0.0974. The molecule has 0 unspecified atom stereocenters. The summed E-state index contributed by atoms with van der Waals surface area (Å²) >= 11 is 0. The second-order valence-electron chi connectivity index (χ2n) is 8.10. The maximum Gasteiger partial charge on any atom is 0.360 e. The van der Waals surface area contributed by atoms with Crippen LogP contribution in [0.25, 0.3) is 11.0 Å². The van der Waals surface area contributed by atoms with Crippen molar-refractivity contribution in [2.75, 3.05) is 24.5 Å². The number of hydrogen-bond acceptors (Lipinski definition) is 5. The summed E-state index contributed by atoms with van der Waals surface area (Å²) in [6.07, 6.45) is 3.49. The Bertz CT molecular complexity index is 1120. The Kier molecular flexibility index (Phi) is 6.37.